The van der Waals surface area contributed by atoms with E-state index in [9.17, 15) is 0 Å². The molecule has 6 bridgehead atoms. The fraction of sp³-hybridized carbons (Fsp3) is 0.625. The van der Waals surface area contributed by atoms with Crippen molar-refractivity contribution in [2.45, 2.75) is 153 Å². The number of benzene rings is 3. The van der Waals surface area contributed by atoms with Gasteiger partial charge >= 0.3 is 0 Å². The number of rotatable bonds is 6. The van der Waals surface area contributed by atoms with Gasteiger partial charge in [-0.1, -0.05) is 74.9 Å². The normalized spacial score (nSPS) is 25.9. The summed E-state index contributed by atoms with van der Waals surface area (Å²) in [5.41, 5.74) is 6.59. The van der Waals surface area contributed by atoms with E-state index < -0.39 is 0 Å². The van der Waals surface area contributed by atoms with Gasteiger partial charge in [0.2, 0.25) is 0 Å². The smallest absolute Gasteiger partial charge is 0.165 e. The fourth-order valence-electron chi connectivity index (χ4n) is 10.4. The lowest BCUT2D eigenvalue weighted by Gasteiger charge is -2.34. The zero-order valence-corrected chi connectivity index (χ0v) is 37.1. The maximum Gasteiger partial charge on any atom is 0.165 e. The Kier molecular flexibility index (Phi) is 16.1. The minimum atomic E-state index is 0.319. The second-order valence-electron chi connectivity index (χ2n) is 17.1. The highest BCUT2D eigenvalue weighted by Crippen LogP contribution is 2.39. The van der Waals surface area contributed by atoms with E-state index in [-0.39, 0.29) is 0 Å². The highest BCUT2D eigenvalue weighted by Gasteiger charge is 2.30. The molecule has 3 fully saturated rings. The monoisotopic (exact) mass is 829 g/mol. The highest BCUT2D eigenvalue weighted by atomic mass is 16.5. The first-order valence-corrected chi connectivity index (χ1v) is 22.6. The molecule has 9 aliphatic rings. The number of hydrogen-bond donors (Lipinski definition) is 6. The van der Waals surface area contributed by atoms with E-state index in [1.54, 1.807) is 42.7 Å². The van der Waals surface area contributed by atoms with Crippen LogP contribution in [0.15, 0.2) is 36.4 Å². The molecule has 0 amide bonds. The van der Waals surface area contributed by atoms with E-state index in [1.807, 2.05) is 0 Å². The van der Waals surface area contributed by atoms with Crippen molar-refractivity contribution < 1.29 is 28.4 Å². The molecule has 0 radical (unpaired) electrons. The van der Waals surface area contributed by atoms with Crippen molar-refractivity contribution in [3.63, 3.8) is 0 Å². The Balaban J connectivity index is 1.18. The zero-order valence-electron chi connectivity index (χ0n) is 37.1. The molecule has 12 rings (SSSR count). The highest BCUT2D eigenvalue weighted by molar-refractivity contribution is 5.54. The van der Waals surface area contributed by atoms with Crippen molar-refractivity contribution in [1.82, 2.24) is 31.9 Å². The van der Waals surface area contributed by atoms with E-state index >= 15 is 0 Å². The number of methoxy groups -OCH3 is 6. The van der Waals surface area contributed by atoms with Gasteiger partial charge in [-0.05, 0) is 38.5 Å². The van der Waals surface area contributed by atoms with Crippen molar-refractivity contribution in [3.05, 3.63) is 69.8 Å². The van der Waals surface area contributed by atoms with Crippen molar-refractivity contribution in [3.8, 4) is 34.5 Å². The molecular formula is C48H72N6O6. The van der Waals surface area contributed by atoms with Gasteiger partial charge in [0.25, 0.3) is 0 Å². The number of ether oxygens (including phenoxy) is 6. The second-order valence-corrected chi connectivity index (χ2v) is 17.1. The maximum atomic E-state index is 6.07. The van der Waals surface area contributed by atoms with Gasteiger partial charge in [-0.2, -0.15) is 0 Å². The SMILES string of the molecule is COc1c2ccc(c1OC)CN[C@@H]1CCCC[C@H]1NCc1ccc(c(OC)c1OC)CN[C@@H]1CCCC[C@H]1NCc1ccc(c(OC)c1OC)CN[C@@H]1CCCC[C@H]1NC2. The predicted molar refractivity (Wildman–Crippen MR) is 238 cm³/mol. The van der Waals surface area contributed by atoms with Crippen molar-refractivity contribution in [1.29, 1.82) is 0 Å². The Morgan fingerprint density at radius 1 is 0.283 bits per heavy atom. The molecule has 0 aromatic heterocycles. The summed E-state index contributed by atoms with van der Waals surface area (Å²) in [6.45, 7) is 4.14. The van der Waals surface area contributed by atoms with Crippen molar-refractivity contribution in [2.75, 3.05) is 42.7 Å². The molecule has 0 saturated heterocycles. The first-order chi connectivity index (χ1) is 29.5. The molecule has 6 N–H and O–H groups in total. The fourth-order valence-corrected chi connectivity index (χ4v) is 10.4. The average molecular weight is 829 g/mol. The summed E-state index contributed by atoms with van der Waals surface area (Å²) in [6, 6.07) is 15.1. The van der Waals surface area contributed by atoms with Gasteiger partial charge in [-0.25, -0.2) is 0 Å². The van der Waals surface area contributed by atoms with Gasteiger partial charge in [0.05, 0.1) is 42.7 Å². The van der Waals surface area contributed by atoms with Crippen LogP contribution in [0.25, 0.3) is 0 Å². The minimum Gasteiger partial charge on any atom is -0.493 e. The van der Waals surface area contributed by atoms with E-state index in [1.165, 1.54) is 38.5 Å². The summed E-state index contributed by atoms with van der Waals surface area (Å²) >= 11 is 0. The first-order valence-electron chi connectivity index (χ1n) is 22.6. The molecule has 330 valence electrons. The summed E-state index contributed by atoms with van der Waals surface area (Å²) in [7, 11) is 10.5. The summed E-state index contributed by atoms with van der Waals surface area (Å²) in [5, 5.41) is 23.5. The Morgan fingerprint density at radius 2 is 0.433 bits per heavy atom. The first kappa shape index (κ1) is 44.3. The lowest BCUT2D eigenvalue weighted by atomic mass is 9.89. The Bertz CT molecular complexity index is 1510. The summed E-state index contributed by atoms with van der Waals surface area (Å²) < 4.78 is 36.4. The number of nitrogens with one attached hydrogen (secondary N) is 6. The molecule has 12 heteroatoms. The molecule has 6 aliphatic heterocycles. The third-order valence-corrected chi connectivity index (χ3v) is 13.7. The third kappa shape index (κ3) is 10.3. The van der Waals surface area contributed by atoms with Crippen LogP contribution in [-0.2, 0) is 39.3 Å². The van der Waals surface area contributed by atoms with E-state index in [0.29, 0.717) is 75.5 Å². The zero-order chi connectivity index (χ0) is 41.8. The molecular weight excluding hydrogens is 757 g/mol. The van der Waals surface area contributed by atoms with Crippen LogP contribution < -0.4 is 60.3 Å². The van der Waals surface area contributed by atoms with Gasteiger partial charge in [-0.15, -0.1) is 0 Å². The molecule has 12 nitrogen and oxygen atoms in total. The van der Waals surface area contributed by atoms with Crippen molar-refractivity contribution in [2.24, 2.45) is 0 Å². The standard InChI is InChI=1S/C48H72N6O6/c1-55-43-31-19-20-32(44(43)56-2)26-50-39-15-9-10-16-40(39)52-28-34-23-24-36(48(60-6)46(34)58-4)30-54-42-18-12-11-17-41(42)53-29-35-22-21-33(45(57-3)47(35)59-5)27-51-38-14-8-7-13-37(38)49-25-31/h19-24,37-42,49-54H,7-18,25-30H2,1-6H3/t37-,38-,39-,40-,41-,42-/m1/s1. The minimum absolute atomic E-state index is 0.319. The molecule has 0 unspecified atom stereocenters. The van der Waals surface area contributed by atoms with E-state index in [0.717, 1.165) is 106 Å². The number of hydrogen-bond acceptors (Lipinski definition) is 12. The van der Waals surface area contributed by atoms with Crippen LogP contribution >= 0.6 is 0 Å². The lowest BCUT2D eigenvalue weighted by molar-refractivity contribution is 0.273. The topological polar surface area (TPSA) is 128 Å². The van der Waals surface area contributed by atoms with Crippen LogP contribution in [0.5, 0.6) is 34.5 Å². The lowest BCUT2D eigenvalue weighted by Crippen LogP contribution is -2.49. The molecule has 3 saturated carbocycles. The van der Waals surface area contributed by atoms with Crippen LogP contribution in [0.2, 0.25) is 0 Å². The van der Waals surface area contributed by atoms with Gasteiger partial charge in [0.1, 0.15) is 0 Å². The Morgan fingerprint density at radius 3 is 0.567 bits per heavy atom. The maximum absolute atomic E-state index is 6.07. The molecule has 6 atom stereocenters. The molecule has 6 heterocycles. The predicted octanol–water partition coefficient (Wildman–Crippen LogP) is 6.62. The molecule has 3 aromatic rings. The average Bonchev–Trinajstić information content (AvgIpc) is 3.29. The molecule has 0 spiro atoms. The van der Waals surface area contributed by atoms with Crippen LogP contribution in [-0.4, -0.2) is 78.9 Å². The Hall–Kier alpha value is -3.78. The molecule has 60 heavy (non-hydrogen) atoms. The van der Waals surface area contributed by atoms with Crippen LogP contribution in [0, 0.1) is 0 Å². The quantitative estimate of drug-likeness (QED) is 0.160. The summed E-state index contributed by atoms with van der Waals surface area (Å²) in [4.78, 5) is 0. The summed E-state index contributed by atoms with van der Waals surface area (Å²) in [5.74, 6) is 4.79. The van der Waals surface area contributed by atoms with E-state index in [2.05, 4.69) is 68.3 Å². The van der Waals surface area contributed by atoms with Crippen LogP contribution in [0.1, 0.15) is 110 Å². The molecule has 3 aromatic carbocycles. The van der Waals surface area contributed by atoms with Crippen molar-refractivity contribution >= 4 is 0 Å². The van der Waals surface area contributed by atoms with Gasteiger partial charge in [0, 0.05) is 109 Å². The van der Waals surface area contributed by atoms with Gasteiger partial charge in [-0.3, -0.25) is 0 Å². The van der Waals surface area contributed by atoms with Crippen LogP contribution in [0.4, 0.5) is 0 Å². The Labute approximate surface area is 358 Å². The second kappa shape index (κ2) is 21.8. The van der Waals surface area contributed by atoms with Crippen LogP contribution in [0.3, 0.4) is 0 Å². The summed E-state index contributed by atoms with van der Waals surface area (Å²) in [6.07, 6.45) is 13.9. The van der Waals surface area contributed by atoms with E-state index in [4.69, 9.17) is 28.4 Å². The molecule has 3 aliphatic carbocycles. The van der Waals surface area contributed by atoms with Gasteiger partial charge < -0.3 is 60.3 Å². The van der Waals surface area contributed by atoms with Gasteiger partial charge in [0.15, 0.2) is 34.5 Å². The third-order valence-electron chi connectivity index (χ3n) is 13.7. The largest absolute Gasteiger partial charge is 0.493 e.